The summed E-state index contributed by atoms with van der Waals surface area (Å²) in [6, 6.07) is 13.7. The Hall–Kier alpha value is -4.70. The molecule has 2 saturated heterocycles. The van der Waals surface area contributed by atoms with Gasteiger partial charge in [-0.15, -0.1) is 0 Å². The quantitative estimate of drug-likeness (QED) is 0.0794. The number of nitrogens with one attached hydrogen (secondary N) is 3. The van der Waals surface area contributed by atoms with Crippen molar-refractivity contribution in [1.82, 2.24) is 38.6 Å². The van der Waals surface area contributed by atoms with Gasteiger partial charge in [0.25, 0.3) is 5.56 Å². The third-order valence-electron chi connectivity index (χ3n) is 11.9. The summed E-state index contributed by atoms with van der Waals surface area (Å²) < 4.78 is 8.48. The maximum absolute atomic E-state index is 13.4. The lowest BCUT2D eigenvalue weighted by atomic mass is 10.0. The van der Waals surface area contributed by atoms with E-state index in [1.165, 1.54) is 0 Å². The molecule has 0 radical (unpaired) electrons. The number of nitrogens with zero attached hydrogens (tertiary/aromatic N) is 7. The first-order valence-electron chi connectivity index (χ1n) is 19.9. The van der Waals surface area contributed by atoms with Gasteiger partial charge in [0, 0.05) is 67.4 Å². The molecule has 1 aliphatic carbocycles. The number of amides is 2. The standard InChI is InChI=1S/C41H49ClN10O4S/c1-25-22-29(12-13-31(25)45-40-43-24-26-23-30(42)39(55)51(37(26)47-40)28-8-4-5-9-28)57-44-18-7-19-48(2)27-16-20-50(21-17-27)32-10-6-11-33-36(32)49(3)41(56)52(33)34-14-15-35(53)46-38(34)54/h6,10-13,22-24,27-28,34,44H,4-5,7-9,14-21H2,1-3H3,(H,43,45,47)(H,46,53,54). The number of hydrogen-bond acceptors (Lipinski definition) is 11. The molecule has 1 unspecified atom stereocenters. The van der Waals surface area contributed by atoms with Crippen LogP contribution in [0.3, 0.4) is 0 Å². The molecule has 5 heterocycles. The third-order valence-corrected chi connectivity index (χ3v) is 13.0. The predicted molar refractivity (Wildman–Crippen MR) is 226 cm³/mol. The first-order valence-corrected chi connectivity index (χ1v) is 21.1. The van der Waals surface area contributed by atoms with E-state index in [4.69, 9.17) is 16.6 Å². The number of aryl methyl sites for hydroxylation is 2. The van der Waals surface area contributed by atoms with Crippen molar-refractivity contribution in [2.45, 2.75) is 87.7 Å². The van der Waals surface area contributed by atoms with Crippen LogP contribution in [-0.4, -0.2) is 79.7 Å². The molecule has 0 bridgehead atoms. The normalized spacial score (nSPS) is 18.3. The number of piperidine rings is 2. The van der Waals surface area contributed by atoms with Crippen molar-refractivity contribution in [2.75, 3.05) is 43.4 Å². The van der Waals surface area contributed by atoms with Gasteiger partial charge in [-0.3, -0.25) is 38.1 Å². The summed E-state index contributed by atoms with van der Waals surface area (Å²) in [6.45, 7) is 5.64. The molecule has 2 aromatic carbocycles. The summed E-state index contributed by atoms with van der Waals surface area (Å²) in [4.78, 5) is 66.1. The lowest BCUT2D eigenvalue weighted by molar-refractivity contribution is -0.135. The van der Waals surface area contributed by atoms with Gasteiger partial charge in [0.2, 0.25) is 17.8 Å². The number of benzene rings is 2. The molecule has 8 rings (SSSR count). The van der Waals surface area contributed by atoms with Crippen molar-refractivity contribution in [2.24, 2.45) is 7.05 Å². The molecule has 3 fully saturated rings. The number of aromatic nitrogens is 5. The van der Waals surface area contributed by atoms with Crippen LogP contribution in [0.4, 0.5) is 17.3 Å². The first-order chi connectivity index (χ1) is 27.6. The van der Waals surface area contributed by atoms with Crippen LogP contribution in [0.5, 0.6) is 0 Å². The van der Waals surface area contributed by atoms with Crippen LogP contribution in [0, 0.1) is 6.92 Å². The van der Waals surface area contributed by atoms with Gasteiger partial charge in [0.05, 0.1) is 16.7 Å². The number of para-hydroxylation sites is 1. The molecule has 57 heavy (non-hydrogen) atoms. The van der Waals surface area contributed by atoms with Crippen molar-refractivity contribution in [1.29, 1.82) is 0 Å². The van der Waals surface area contributed by atoms with Crippen molar-refractivity contribution in [3.05, 3.63) is 80.1 Å². The number of pyridine rings is 1. The lowest BCUT2D eigenvalue weighted by Crippen LogP contribution is -2.44. The van der Waals surface area contributed by atoms with E-state index in [0.29, 0.717) is 24.1 Å². The number of hydrogen-bond donors (Lipinski definition) is 3. The fourth-order valence-corrected chi connectivity index (χ4v) is 9.77. The fourth-order valence-electron chi connectivity index (χ4n) is 8.78. The summed E-state index contributed by atoms with van der Waals surface area (Å²) >= 11 is 7.93. The summed E-state index contributed by atoms with van der Waals surface area (Å²) in [7, 11) is 3.96. The summed E-state index contributed by atoms with van der Waals surface area (Å²) in [5, 5.41) is 6.70. The minimum Gasteiger partial charge on any atom is -0.370 e. The second kappa shape index (κ2) is 16.6. The van der Waals surface area contributed by atoms with E-state index in [1.807, 2.05) is 18.2 Å². The second-order valence-electron chi connectivity index (χ2n) is 15.6. The zero-order chi connectivity index (χ0) is 39.8. The van der Waals surface area contributed by atoms with Crippen LogP contribution in [0.25, 0.3) is 22.1 Å². The number of rotatable bonds is 12. The molecule has 1 saturated carbocycles. The highest BCUT2D eigenvalue weighted by atomic mass is 35.5. The molecule has 0 spiro atoms. The van der Waals surface area contributed by atoms with Gasteiger partial charge in [-0.2, -0.15) is 4.98 Å². The molecule has 2 amide bonds. The molecule has 14 nitrogen and oxygen atoms in total. The molecule has 3 aliphatic rings. The van der Waals surface area contributed by atoms with E-state index in [2.05, 4.69) is 62.3 Å². The number of fused-ring (bicyclic) bond motifs is 2. The van der Waals surface area contributed by atoms with E-state index >= 15 is 0 Å². The van der Waals surface area contributed by atoms with Crippen molar-refractivity contribution < 1.29 is 9.59 Å². The maximum Gasteiger partial charge on any atom is 0.329 e. The number of imidazole rings is 1. The number of halogens is 1. The zero-order valence-corrected chi connectivity index (χ0v) is 34.2. The molecule has 1 atom stereocenters. The number of anilines is 3. The Morgan fingerprint density at radius 3 is 2.54 bits per heavy atom. The monoisotopic (exact) mass is 812 g/mol. The van der Waals surface area contributed by atoms with Gasteiger partial charge >= 0.3 is 5.69 Å². The van der Waals surface area contributed by atoms with Crippen LogP contribution >= 0.6 is 23.5 Å². The Kier molecular flexibility index (Phi) is 11.4. The van der Waals surface area contributed by atoms with Gasteiger partial charge in [-0.25, -0.2) is 9.78 Å². The number of carbonyl (C=O) groups excluding carboxylic acids is 2. The Morgan fingerprint density at radius 1 is 1.00 bits per heavy atom. The van der Waals surface area contributed by atoms with E-state index in [0.717, 1.165) is 109 Å². The van der Waals surface area contributed by atoms with E-state index in [9.17, 15) is 19.2 Å². The Labute approximate surface area is 340 Å². The van der Waals surface area contributed by atoms with Crippen LogP contribution in [-0.2, 0) is 16.6 Å². The Balaban J connectivity index is 0.816. The van der Waals surface area contributed by atoms with Gasteiger partial charge in [-0.05, 0) is 113 Å². The third kappa shape index (κ3) is 7.94. The van der Waals surface area contributed by atoms with Gasteiger partial charge in [-0.1, -0.05) is 30.5 Å². The van der Waals surface area contributed by atoms with Gasteiger partial charge in [0.1, 0.15) is 16.7 Å². The SMILES string of the molecule is Cc1cc(SNCCCN(C)C2CCN(c3cccc4c3n(C)c(=O)n4C3CCC(=O)NC3=O)CC2)ccc1Nc1ncc2cc(Cl)c(=O)n(C3CCCC3)c2n1. The van der Waals surface area contributed by atoms with Crippen LogP contribution in [0.2, 0.25) is 5.02 Å². The van der Waals surface area contributed by atoms with Crippen LogP contribution < -0.4 is 31.5 Å². The lowest BCUT2D eigenvalue weighted by Gasteiger charge is -2.38. The highest BCUT2D eigenvalue weighted by Crippen LogP contribution is 2.33. The van der Waals surface area contributed by atoms with Crippen LogP contribution in [0.15, 0.2) is 63.1 Å². The zero-order valence-electron chi connectivity index (χ0n) is 32.6. The average molecular weight is 813 g/mol. The van der Waals surface area contributed by atoms with Gasteiger partial charge in [0.15, 0.2) is 0 Å². The molecule has 300 valence electrons. The molecule has 2 aliphatic heterocycles. The highest BCUT2D eigenvalue weighted by Gasteiger charge is 2.33. The topological polar surface area (TPSA) is 151 Å². The minimum atomic E-state index is -0.697. The Bertz CT molecular complexity index is 2450. The van der Waals surface area contributed by atoms with Crippen LogP contribution in [0.1, 0.15) is 75.4 Å². The minimum absolute atomic E-state index is 0.105. The number of carbonyl (C=O) groups is 2. The molecule has 3 aromatic heterocycles. The van der Waals surface area contributed by atoms with Crippen molar-refractivity contribution in [3.63, 3.8) is 0 Å². The van der Waals surface area contributed by atoms with E-state index in [1.54, 1.807) is 45.0 Å². The highest BCUT2D eigenvalue weighted by molar-refractivity contribution is 7.97. The predicted octanol–water partition coefficient (Wildman–Crippen LogP) is 5.83. The summed E-state index contributed by atoms with van der Waals surface area (Å²) in [6.07, 6.45) is 9.37. The smallest absolute Gasteiger partial charge is 0.329 e. The average Bonchev–Trinajstić information content (AvgIpc) is 3.82. The van der Waals surface area contributed by atoms with E-state index in [-0.39, 0.29) is 34.6 Å². The van der Waals surface area contributed by atoms with Crippen molar-refractivity contribution >= 4 is 74.8 Å². The van der Waals surface area contributed by atoms with Gasteiger partial charge < -0.3 is 15.1 Å². The fraction of sp³-hybridized carbons (Fsp3) is 0.463. The Morgan fingerprint density at radius 2 is 1.79 bits per heavy atom. The van der Waals surface area contributed by atoms with E-state index < -0.39 is 11.9 Å². The molecule has 3 N–H and O–H groups in total. The molecule has 5 aromatic rings. The second-order valence-corrected chi connectivity index (χ2v) is 16.9. The summed E-state index contributed by atoms with van der Waals surface area (Å²) in [5.41, 5.74) is 4.68. The molecular weight excluding hydrogens is 764 g/mol. The largest absolute Gasteiger partial charge is 0.370 e. The van der Waals surface area contributed by atoms with Crippen molar-refractivity contribution in [3.8, 4) is 0 Å². The molecular formula is C41H49ClN10O4S. The maximum atomic E-state index is 13.4. The first kappa shape index (κ1) is 39.1. The summed E-state index contributed by atoms with van der Waals surface area (Å²) in [5.74, 6) is -0.274. The molecule has 16 heteroatoms. The number of imide groups is 1.